The number of nitrogens with one attached hydrogen (secondary N) is 1. The van der Waals surface area contributed by atoms with Gasteiger partial charge in [0.1, 0.15) is 11.3 Å². The maximum absolute atomic E-state index is 13.8. The molecule has 0 saturated carbocycles. The molecule has 0 radical (unpaired) electrons. The molecule has 0 bridgehead atoms. The number of benzene rings is 5. The van der Waals surface area contributed by atoms with Gasteiger partial charge in [-0.15, -0.1) is 0 Å². The fourth-order valence-corrected chi connectivity index (χ4v) is 8.21. The summed E-state index contributed by atoms with van der Waals surface area (Å²) in [4.78, 5) is 16.3. The Hall–Kier alpha value is -4.80. The molecule has 6 rings (SSSR count). The van der Waals surface area contributed by atoms with Crippen LogP contribution in [0.25, 0.3) is 0 Å². The minimum absolute atomic E-state index is 0.200. The van der Waals surface area contributed by atoms with E-state index in [2.05, 4.69) is 16.2 Å². The van der Waals surface area contributed by atoms with Gasteiger partial charge in [-0.25, -0.2) is 13.2 Å². The van der Waals surface area contributed by atoms with Gasteiger partial charge in [-0.2, -0.15) is 4.72 Å². The molecular formula is C40H37Cl2N3O5S. The van der Waals surface area contributed by atoms with E-state index in [0.29, 0.717) is 51.0 Å². The standard InChI is InChI=1S/C40H37Cl2N3O5S/c1-27(2)39(46)50-25-7-24-45(33-20-14-30(42)15-21-33)34-22-23-35(37(26-34)49-4)40(36-8-5-6-9-38(36)51(47,48)43-40)28-10-16-31(17-11-28)44(3)32-18-12-29(41)13-19-32/h5-6,8-23,26,43H,1,7,24-25H2,2-4H3. The Balaban J connectivity index is 1.44. The lowest BCUT2D eigenvalue weighted by molar-refractivity contribution is -0.138. The summed E-state index contributed by atoms with van der Waals surface area (Å²) in [7, 11) is -0.381. The van der Waals surface area contributed by atoms with E-state index in [1.54, 1.807) is 26.2 Å². The van der Waals surface area contributed by atoms with Gasteiger partial charge in [0.2, 0.25) is 10.0 Å². The zero-order valence-corrected chi connectivity index (χ0v) is 30.7. The number of rotatable bonds is 12. The van der Waals surface area contributed by atoms with Crippen LogP contribution in [0.1, 0.15) is 30.0 Å². The average molecular weight is 743 g/mol. The third-order valence-electron chi connectivity index (χ3n) is 8.92. The van der Waals surface area contributed by atoms with Crippen LogP contribution >= 0.6 is 23.2 Å². The van der Waals surface area contributed by atoms with Gasteiger partial charge in [0.15, 0.2) is 0 Å². The van der Waals surface area contributed by atoms with Crippen LogP contribution in [0.3, 0.4) is 0 Å². The normalized spacial score (nSPS) is 15.9. The van der Waals surface area contributed by atoms with Gasteiger partial charge in [-0.3, -0.25) is 0 Å². The summed E-state index contributed by atoms with van der Waals surface area (Å²) in [5.74, 6) is 0.0373. The number of nitrogens with zero attached hydrogens (tertiary/aromatic N) is 2. The highest BCUT2D eigenvalue weighted by atomic mass is 35.5. The Morgan fingerprint density at radius 2 is 1.37 bits per heavy atom. The topological polar surface area (TPSA) is 88.2 Å². The number of fused-ring (bicyclic) bond motifs is 1. The minimum atomic E-state index is -3.91. The van der Waals surface area contributed by atoms with E-state index in [0.717, 1.165) is 22.7 Å². The Kier molecular flexibility index (Phi) is 10.5. The smallest absolute Gasteiger partial charge is 0.333 e. The fraction of sp³-hybridized carbons (Fsp3) is 0.175. The summed E-state index contributed by atoms with van der Waals surface area (Å²) < 4.78 is 42.0. The summed E-state index contributed by atoms with van der Waals surface area (Å²) >= 11 is 12.3. The van der Waals surface area contributed by atoms with Gasteiger partial charge < -0.3 is 19.3 Å². The molecule has 1 aliphatic rings. The molecule has 5 aromatic carbocycles. The van der Waals surface area contributed by atoms with E-state index in [9.17, 15) is 13.2 Å². The molecule has 0 aromatic heterocycles. The molecule has 1 N–H and O–H groups in total. The van der Waals surface area contributed by atoms with E-state index in [1.807, 2.05) is 115 Å². The summed E-state index contributed by atoms with van der Waals surface area (Å²) in [6.07, 6.45) is 0.527. The van der Waals surface area contributed by atoms with Crippen molar-refractivity contribution in [3.8, 4) is 5.75 Å². The predicted octanol–water partition coefficient (Wildman–Crippen LogP) is 9.00. The van der Waals surface area contributed by atoms with Crippen molar-refractivity contribution >= 4 is 61.9 Å². The van der Waals surface area contributed by atoms with Crippen molar-refractivity contribution in [1.29, 1.82) is 0 Å². The Morgan fingerprint density at radius 1 is 0.804 bits per heavy atom. The maximum Gasteiger partial charge on any atom is 0.333 e. The first-order valence-electron chi connectivity index (χ1n) is 16.2. The predicted molar refractivity (Wildman–Crippen MR) is 204 cm³/mol. The number of sulfonamides is 1. The van der Waals surface area contributed by atoms with Gasteiger partial charge in [0, 0.05) is 69.2 Å². The maximum atomic E-state index is 13.8. The molecule has 5 aromatic rings. The quantitative estimate of drug-likeness (QED) is 0.0776. The van der Waals surface area contributed by atoms with Crippen molar-refractivity contribution in [2.24, 2.45) is 0 Å². The van der Waals surface area contributed by atoms with Crippen LogP contribution in [0.15, 0.2) is 132 Å². The lowest BCUT2D eigenvalue weighted by atomic mass is 9.77. The molecule has 1 unspecified atom stereocenters. The third-order valence-corrected chi connectivity index (χ3v) is 10.9. The van der Waals surface area contributed by atoms with Crippen molar-refractivity contribution in [2.45, 2.75) is 23.8 Å². The molecule has 262 valence electrons. The van der Waals surface area contributed by atoms with E-state index in [4.69, 9.17) is 32.7 Å². The third kappa shape index (κ3) is 7.21. The SMILES string of the molecule is C=C(C)C(=O)OCCCN(c1ccc(Cl)cc1)c1ccc(C2(c3ccc(N(C)c4ccc(Cl)cc4)cc3)NS(=O)(=O)c3ccccc32)c(OC)c1. The summed E-state index contributed by atoms with van der Waals surface area (Å²) in [5, 5.41) is 1.25. The Labute approximate surface area is 308 Å². The van der Waals surface area contributed by atoms with E-state index in [-0.39, 0.29) is 11.5 Å². The monoisotopic (exact) mass is 741 g/mol. The van der Waals surface area contributed by atoms with Crippen LogP contribution in [0.4, 0.5) is 22.7 Å². The highest BCUT2D eigenvalue weighted by molar-refractivity contribution is 7.90. The number of carbonyl (C=O) groups is 1. The van der Waals surface area contributed by atoms with E-state index < -0.39 is 21.5 Å². The lowest BCUT2D eigenvalue weighted by Gasteiger charge is -2.34. The van der Waals surface area contributed by atoms with E-state index in [1.165, 1.54) is 0 Å². The van der Waals surface area contributed by atoms with Crippen LogP contribution in [0.2, 0.25) is 10.0 Å². The van der Waals surface area contributed by atoms with E-state index >= 15 is 0 Å². The van der Waals surface area contributed by atoms with Gasteiger partial charge in [-0.1, -0.05) is 66.2 Å². The number of hydrogen-bond acceptors (Lipinski definition) is 7. The minimum Gasteiger partial charge on any atom is -0.496 e. The number of esters is 1. The number of hydrogen-bond donors (Lipinski definition) is 1. The van der Waals surface area contributed by atoms with Crippen LogP contribution in [-0.4, -0.2) is 41.7 Å². The second-order valence-electron chi connectivity index (χ2n) is 12.2. The molecule has 11 heteroatoms. The molecule has 8 nitrogen and oxygen atoms in total. The highest BCUT2D eigenvalue weighted by Gasteiger charge is 2.50. The summed E-state index contributed by atoms with van der Waals surface area (Å²) in [5.41, 5.74) is 4.45. The van der Waals surface area contributed by atoms with Crippen molar-refractivity contribution in [1.82, 2.24) is 4.72 Å². The van der Waals surface area contributed by atoms with Crippen LogP contribution < -0.4 is 19.3 Å². The zero-order chi connectivity index (χ0) is 36.3. The summed E-state index contributed by atoms with van der Waals surface area (Å²) in [6, 6.07) is 35.5. The molecule has 51 heavy (non-hydrogen) atoms. The molecule has 1 aliphatic heterocycles. The van der Waals surface area contributed by atoms with Crippen LogP contribution in [0, 0.1) is 0 Å². The van der Waals surface area contributed by atoms with Crippen LogP contribution in [-0.2, 0) is 25.1 Å². The van der Waals surface area contributed by atoms with Crippen molar-refractivity contribution in [2.75, 3.05) is 37.1 Å². The highest BCUT2D eigenvalue weighted by Crippen LogP contribution is 2.49. The molecule has 0 fully saturated rings. The second-order valence-corrected chi connectivity index (χ2v) is 14.7. The second kappa shape index (κ2) is 14.8. The molecule has 1 heterocycles. The van der Waals surface area contributed by atoms with Gasteiger partial charge in [-0.05, 0) is 91.7 Å². The molecule has 1 atom stereocenters. The van der Waals surface area contributed by atoms with Crippen molar-refractivity contribution < 1.29 is 22.7 Å². The van der Waals surface area contributed by atoms with Crippen molar-refractivity contribution in [3.63, 3.8) is 0 Å². The average Bonchev–Trinajstić information content (AvgIpc) is 3.39. The van der Waals surface area contributed by atoms with Gasteiger partial charge >= 0.3 is 5.97 Å². The number of carbonyl (C=O) groups excluding carboxylic acids is 1. The molecule has 0 amide bonds. The molecule has 0 saturated heterocycles. The number of methoxy groups -OCH3 is 1. The molecule has 0 aliphatic carbocycles. The van der Waals surface area contributed by atoms with Gasteiger partial charge in [0.05, 0.1) is 18.6 Å². The zero-order valence-electron chi connectivity index (χ0n) is 28.4. The first-order valence-corrected chi connectivity index (χ1v) is 18.5. The van der Waals surface area contributed by atoms with Crippen molar-refractivity contribution in [3.05, 3.63) is 154 Å². The number of halogens is 2. The first-order chi connectivity index (χ1) is 24.4. The van der Waals surface area contributed by atoms with Crippen LogP contribution in [0.5, 0.6) is 5.75 Å². The number of ether oxygens (including phenoxy) is 2. The lowest BCUT2D eigenvalue weighted by Crippen LogP contribution is -2.42. The summed E-state index contributed by atoms with van der Waals surface area (Å²) in [6.45, 7) is 5.96. The Morgan fingerprint density at radius 3 is 1.98 bits per heavy atom. The fourth-order valence-electron chi connectivity index (χ4n) is 6.34. The molecule has 0 spiro atoms. The number of anilines is 4. The first kappa shape index (κ1) is 36.0. The van der Waals surface area contributed by atoms with Gasteiger partial charge in [0.25, 0.3) is 0 Å². The Bertz CT molecular complexity index is 2180. The molecular weight excluding hydrogens is 705 g/mol. The largest absolute Gasteiger partial charge is 0.496 e.